The highest BCUT2D eigenvalue weighted by atomic mass is 16.5. The molecule has 0 atom stereocenters. The molecular weight excluding hydrogens is 212 g/mol. The average molecular weight is 232 g/mol. The summed E-state index contributed by atoms with van der Waals surface area (Å²) < 4.78 is 5.42. The van der Waals surface area contributed by atoms with Crippen LogP contribution in [-0.2, 0) is 13.0 Å². The molecule has 0 spiro atoms. The van der Waals surface area contributed by atoms with Gasteiger partial charge in [0.1, 0.15) is 5.75 Å². The average Bonchev–Trinajstić information content (AvgIpc) is 2.69. The summed E-state index contributed by atoms with van der Waals surface area (Å²) in [7, 11) is 3.68. The van der Waals surface area contributed by atoms with Crippen LogP contribution in [0, 0.1) is 6.92 Å². The Morgan fingerprint density at radius 2 is 2.12 bits per heavy atom. The molecule has 1 aromatic heterocycles. The van der Waals surface area contributed by atoms with E-state index in [2.05, 4.69) is 30.2 Å². The van der Waals surface area contributed by atoms with Gasteiger partial charge in [0.25, 0.3) is 0 Å². The van der Waals surface area contributed by atoms with Crippen molar-refractivity contribution in [2.45, 2.75) is 26.8 Å². The van der Waals surface area contributed by atoms with E-state index in [1.807, 2.05) is 13.1 Å². The Kier molecular flexibility index (Phi) is 3.38. The number of aryl methyl sites for hydroxylation is 2. The van der Waals surface area contributed by atoms with Gasteiger partial charge >= 0.3 is 0 Å². The molecule has 0 aliphatic heterocycles. The first-order chi connectivity index (χ1) is 8.22. The number of ether oxygens (including phenoxy) is 1. The Morgan fingerprint density at radius 1 is 1.35 bits per heavy atom. The third kappa shape index (κ3) is 1.91. The van der Waals surface area contributed by atoms with Crippen LogP contribution in [0.2, 0.25) is 0 Å². The maximum Gasteiger partial charge on any atom is 0.142 e. The Bertz CT molecular complexity index is 528. The van der Waals surface area contributed by atoms with Crippen molar-refractivity contribution in [3.05, 3.63) is 29.0 Å². The summed E-state index contributed by atoms with van der Waals surface area (Å²) >= 11 is 0. The number of hydrogen-bond donors (Lipinski definition) is 2. The molecule has 0 unspecified atom stereocenters. The number of aromatic amines is 1. The van der Waals surface area contributed by atoms with Crippen LogP contribution in [0.15, 0.2) is 12.1 Å². The molecule has 1 aromatic carbocycles. The van der Waals surface area contributed by atoms with Gasteiger partial charge in [0, 0.05) is 17.6 Å². The number of rotatable bonds is 4. The van der Waals surface area contributed by atoms with Gasteiger partial charge in [-0.25, -0.2) is 0 Å². The number of aromatic nitrogens is 1. The zero-order valence-electron chi connectivity index (χ0n) is 11.0. The molecule has 2 aromatic rings. The molecule has 0 aliphatic rings. The van der Waals surface area contributed by atoms with Crippen molar-refractivity contribution in [3.8, 4) is 5.75 Å². The fraction of sp³-hybridized carbons (Fsp3) is 0.429. The second-order valence-electron chi connectivity index (χ2n) is 4.30. The zero-order valence-corrected chi connectivity index (χ0v) is 11.0. The van der Waals surface area contributed by atoms with Crippen LogP contribution in [0.25, 0.3) is 10.9 Å². The second-order valence-corrected chi connectivity index (χ2v) is 4.30. The lowest BCUT2D eigenvalue weighted by atomic mass is 10.0. The molecule has 0 radical (unpaired) electrons. The molecular formula is C14H20N2O. The molecule has 0 bridgehead atoms. The van der Waals surface area contributed by atoms with Crippen molar-refractivity contribution in [3.63, 3.8) is 0 Å². The highest BCUT2D eigenvalue weighted by Gasteiger charge is 2.14. The molecule has 17 heavy (non-hydrogen) atoms. The van der Waals surface area contributed by atoms with E-state index in [1.54, 1.807) is 7.11 Å². The largest absolute Gasteiger partial charge is 0.495 e. The smallest absolute Gasteiger partial charge is 0.142 e. The van der Waals surface area contributed by atoms with E-state index in [0.717, 1.165) is 24.2 Å². The summed E-state index contributed by atoms with van der Waals surface area (Å²) in [6.45, 7) is 5.21. The van der Waals surface area contributed by atoms with E-state index in [-0.39, 0.29) is 0 Å². The molecule has 0 amide bonds. The minimum Gasteiger partial charge on any atom is -0.495 e. The lowest BCUT2D eigenvalue weighted by Crippen LogP contribution is -2.07. The van der Waals surface area contributed by atoms with E-state index in [0.29, 0.717) is 0 Å². The van der Waals surface area contributed by atoms with Crippen molar-refractivity contribution in [1.82, 2.24) is 10.3 Å². The molecule has 3 heteroatoms. The number of H-pyrrole nitrogens is 1. The van der Waals surface area contributed by atoms with Crippen LogP contribution in [0.5, 0.6) is 5.75 Å². The van der Waals surface area contributed by atoms with Crippen LogP contribution in [0.3, 0.4) is 0 Å². The summed E-state index contributed by atoms with van der Waals surface area (Å²) in [6.07, 6.45) is 1.03. The predicted octanol–water partition coefficient (Wildman–Crippen LogP) is 2.77. The first-order valence-electron chi connectivity index (χ1n) is 6.04. The summed E-state index contributed by atoms with van der Waals surface area (Å²) in [5, 5.41) is 4.52. The van der Waals surface area contributed by atoms with Gasteiger partial charge in [-0.1, -0.05) is 13.0 Å². The SMILES string of the molecule is CCc1c(CNC)[nH]c2c(OC)ccc(C)c12. The first kappa shape index (κ1) is 12.0. The van der Waals surface area contributed by atoms with Gasteiger partial charge in [0.2, 0.25) is 0 Å². The number of hydrogen-bond acceptors (Lipinski definition) is 2. The van der Waals surface area contributed by atoms with Gasteiger partial charge in [-0.3, -0.25) is 0 Å². The van der Waals surface area contributed by atoms with Crippen LogP contribution in [-0.4, -0.2) is 19.1 Å². The maximum absolute atomic E-state index is 5.42. The summed E-state index contributed by atoms with van der Waals surface area (Å²) in [5.41, 5.74) is 5.08. The van der Waals surface area contributed by atoms with Gasteiger partial charge in [0.05, 0.1) is 12.6 Å². The molecule has 3 nitrogen and oxygen atoms in total. The molecule has 2 N–H and O–H groups in total. The van der Waals surface area contributed by atoms with E-state index >= 15 is 0 Å². The van der Waals surface area contributed by atoms with E-state index < -0.39 is 0 Å². The normalized spacial score (nSPS) is 11.1. The van der Waals surface area contributed by atoms with Crippen molar-refractivity contribution in [1.29, 1.82) is 0 Å². The summed E-state index contributed by atoms with van der Waals surface area (Å²) in [6, 6.07) is 4.15. The molecule has 0 saturated heterocycles. The minimum atomic E-state index is 0.862. The quantitative estimate of drug-likeness (QED) is 0.850. The van der Waals surface area contributed by atoms with Crippen molar-refractivity contribution in [2.24, 2.45) is 0 Å². The van der Waals surface area contributed by atoms with Crippen LogP contribution < -0.4 is 10.1 Å². The van der Waals surface area contributed by atoms with Crippen molar-refractivity contribution in [2.75, 3.05) is 14.2 Å². The lowest BCUT2D eigenvalue weighted by molar-refractivity contribution is 0.419. The van der Waals surface area contributed by atoms with E-state index in [1.165, 1.54) is 22.2 Å². The van der Waals surface area contributed by atoms with Gasteiger partial charge in [-0.15, -0.1) is 0 Å². The molecule has 0 aliphatic carbocycles. The van der Waals surface area contributed by atoms with E-state index in [4.69, 9.17) is 4.74 Å². The Labute approximate surface area is 102 Å². The van der Waals surface area contributed by atoms with Crippen molar-refractivity contribution >= 4 is 10.9 Å². The summed E-state index contributed by atoms with van der Waals surface area (Å²) in [5.74, 6) is 0.919. The van der Waals surface area contributed by atoms with Gasteiger partial charge in [0.15, 0.2) is 0 Å². The lowest BCUT2D eigenvalue weighted by Gasteiger charge is -2.05. The maximum atomic E-state index is 5.42. The molecule has 0 saturated carbocycles. The number of fused-ring (bicyclic) bond motifs is 1. The fourth-order valence-electron chi connectivity index (χ4n) is 2.47. The van der Waals surface area contributed by atoms with Crippen molar-refractivity contribution < 1.29 is 4.74 Å². The third-order valence-corrected chi connectivity index (χ3v) is 3.24. The first-order valence-corrected chi connectivity index (χ1v) is 6.04. The zero-order chi connectivity index (χ0) is 12.4. The topological polar surface area (TPSA) is 37.0 Å². The van der Waals surface area contributed by atoms with Gasteiger partial charge in [-0.2, -0.15) is 0 Å². The molecule has 0 fully saturated rings. The number of benzene rings is 1. The Morgan fingerprint density at radius 3 is 2.71 bits per heavy atom. The predicted molar refractivity (Wildman–Crippen MR) is 71.7 cm³/mol. The molecule has 92 valence electrons. The van der Waals surface area contributed by atoms with Crippen LogP contribution >= 0.6 is 0 Å². The standard InChI is InChI=1S/C14H20N2O/c1-5-10-11(8-15-3)16-14-12(17-4)7-6-9(2)13(10)14/h6-7,15-16H,5,8H2,1-4H3. The Hall–Kier alpha value is -1.48. The number of methoxy groups -OCH3 is 1. The second kappa shape index (κ2) is 4.80. The number of nitrogens with one attached hydrogen (secondary N) is 2. The Balaban J connectivity index is 2.75. The van der Waals surface area contributed by atoms with Crippen LogP contribution in [0.4, 0.5) is 0 Å². The fourth-order valence-corrected chi connectivity index (χ4v) is 2.47. The van der Waals surface area contributed by atoms with Gasteiger partial charge < -0.3 is 15.0 Å². The molecule has 2 rings (SSSR count). The third-order valence-electron chi connectivity index (χ3n) is 3.24. The minimum absolute atomic E-state index is 0.862. The van der Waals surface area contributed by atoms with Gasteiger partial charge in [-0.05, 0) is 37.6 Å². The van der Waals surface area contributed by atoms with E-state index in [9.17, 15) is 0 Å². The highest BCUT2D eigenvalue weighted by molar-refractivity contribution is 5.92. The van der Waals surface area contributed by atoms with Crippen LogP contribution in [0.1, 0.15) is 23.7 Å². The highest BCUT2D eigenvalue weighted by Crippen LogP contribution is 2.32. The molecule has 1 heterocycles. The monoisotopic (exact) mass is 232 g/mol. The summed E-state index contributed by atoms with van der Waals surface area (Å²) in [4.78, 5) is 3.49.